The lowest BCUT2D eigenvalue weighted by molar-refractivity contribution is -0.120. The Morgan fingerprint density at radius 3 is 2.67 bits per heavy atom. The number of unbranched alkanes of at least 4 members (excludes halogenated alkanes) is 1. The molecule has 1 aromatic carbocycles. The molecule has 116 valence electrons. The SMILES string of the molecule is CCCCc1ccc(NC(=O)C2COCC2NCC)cc1. The van der Waals surface area contributed by atoms with Crippen LogP contribution in [-0.2, 0) is 16.0 Å². The van der Waals surface area contributed by atoms with Gasteiger partial charge in [0.15, 0.2) is 0 Å². The van der Waals surface area contributed by atoms with E-state index in [0.29, 0.717) is 13.2 Å². The maximum absolute atomic E-state index is 12.3. The fourth-order valence-electron chi connectivity index (χ4n) is 2.65. The van der Waals surface area contributed by atoms with Gasteiger partial charge in [-0.3, -0.25) is 4.79 Å². The van der Waals surface area contributed by atoms with Crippen LogP contribution in [0, 0.1) is 5.92 Å². The fourth-order valence-corrected chi connectivity index (χ4v) is 2.65. The number of hydrogen-bond donors (Lipinski definition) is 2. The van der Waals surface area contributed by atoms with Gasteiger partial charge in [-0.05, 0) is 37.1 Å². The summed E-state index contributed by atoms with van der Waals surface area (Å²) in [4.78, 5) is 12.3. The highest BCUT2D eigenvalue weighted by Gasteiger charge is 2.33. The van der Waals surface area contributed by atoms with Crippen LogP contribution in [-0.4, -0.2) is 31.7 Å². The van der Waals surface area contributed by atoms with Crippen molar-refractivity contribution in [3.05, 3.63) is 29.8 Å². The number of aryl methyl sites for hydroxylation is 1. The van der Waals surface area contributed by atoms with Crippen molar-refractivity contribution in [2.45, 2.75) is 39.2 Å². The van der Waals surface area contributed by atoms with E-state index in [9.17, 15) is 4.79 Å². The Balaban J connectivity index is 1.90. The number of carbonyl (C=O) groups is 1. The normalized spacial score (nSPS) is 21.4. The molecule has 0 aliphatic carbocycles. The third-order valence-corrected chi connectivity index (χ3v) is 3.92. The second-order valence-corrected chi connectivity index (χ2v) is 5.60. The molecular formula is C17H26N2O2. The lowest BCUT2D eigenvalue weighted by atomic mass is 10.0. The van der Waals surface area contributed by atoms with E-state index in [2.05, 4.69) is 29.7 Å². The second kappa shape index (κ2) is 8.15. The predicted molar refractivity (Wildman–Crippen MR) is 85.5 cm³/mol. The lowest BCUT2D eigenvalue weighted by Crippen LogP contribution is -2.41. The minimum atomic E-state index is -0.107. The van der Waals surface area contributed by atoms with E-state index >= 15 is 0 Å². The first-order valence-electron chi connectivity index (χ1n) is 7.95. The standard InChI is InChI=1S/C17H26N2O2/c1-3-5-6-13-7-9-14(10-8-13)19-17(20)15-11-21-12-16(15)18-4-2/h7-10,15-16,18H,3-6,11-12H2,1-2H3,(H,19,20). The summed E-state index contributed by atoms with van der Waals surface area (Å²) in [5, 5.41) is 6.30. The van der Waals surface area contributed by atoms with Gasteiger partial charge in [0.05, 0.1) is 19.1 Å². The van der Waals surface area contributed by atoms with Crippen LogP contribution in [0.25, 0.3) is 0 Å². The van der Waals surface area contributed by atoms with Gasteiger partial charge in [-0.1, -0.05) is 32.4 Å². The minimum Gasteiger partial charge on any atom is -0.379 e. The largest absolute Gasteiger partial charge is 0.379 e. The summed E-state index contributed by atoms with van der Waals surface area (Å²) >= 11 is 0. The van der Waals surface area contributed by atoms with Gasteiger partial charge in [0, 0.05) is 11.7 Å². The van der Waals surface area contributed by atoms with E-state index in [1.807, 2.05) is 19.1 Å². The molecule has 1 heterocycles. The molecule has 1 aliphatic heterocycles. The van der Waals surface area contributed by atoms with Crippen molar-refractivity contribution in [1.29, 1.82) is 0 Å². The van der Waals surface area contributed by atoms with Crippen LogP contribution in [0.2, 0.25) is 0 Å². The van der Waals surface area contributed by atoms with E-state index in [4.69, 9.17) is 4.74 Å². The quantitative estimate of drug-likeness (QED) is 0.811. The van der Waals surface area contributed by atoms with E-state index in [1.54, 1.807) is 0 Å². The maximum Gasteiger partial charge on any atom is 0.231 e. The topological polar surface area (TPSA) is 50.4 Å². The molecule has 0 bridgehead atoms. The molecule has 2 unspecified atom stereocenters. The number of ether oxygens (including phenoxy) is 1. The van der Waals surface area contributed by atoms with Crippen molar-refractivity contribution < 1.29 is 9.53 Å². The molecule has 1 amide bonds. The molecule has 1 aromatic rings. The highest BCUT2D eigenvalue weighted by atomic mass is 16.5. The van der Waals surface area contributed by atoms with Crippen LogP contribution in [0.4, 0.5) is 5.69 Å². The number of benzene rings is 1. The number of rotatable bonds is 7. The summed E-state index contributed by atoms with van der Waals surface area (Å²) in [5.41, 5.74) is 2.19. The molecule has 2 atom stereocenters. The summed E-state index contributed by atoms with van der Waals surface area (Å²) in [6.07, 6.45) is 3.51. The van der Waals surface area contributed by atoms with Crippen LogP contribution in [0.3, 0.4) is 0 Å². The Kier molecular flexibility index (Phi) is 6.21. The Bertz CT molecular complexity index is 445. The third-order valence-electron chi connectivity index (χ3n) is 3.92. The monoisotopic (exact) mass is 290 g/mol. The van der Waals surface area contributed by atoms with Gasteiger partial charge in [0.25, 0.3) is 0 Å². The Labute approximate surface area is 127 Å². The molecule has 1 aliphatic rings. The summed E-state index contributed by atoms with van der Waals surface area (Å²) in [5.74, 6) is -0.0653. The first-order valence-corrected chi connectivity index (χ1v) is 7.95. The molecule has 0 aromatic heterocycles. The predicted octanol–water partition coefficient (Wildman–Crippen LogP) is 2.59. The van der Waals surface area contributed by atoms with Crippen molar-refractivity contribution in [2.75, 3.05) is 25.1 Å². The number of likely N-dealkylation sites (N-methyl/N-ethyl adjacent to an activating group) is 1. The maximum atomic E-state index is 12.3. The van der Waals surface area contributed by atoms with Crippen LogP contribution in [0.1, 0.15) is 32.3 Å². The van der Waals surface area contributed by atoms with Gasteiger partial charge in [-0.2, -0.15) is 0 Å². The van der Waals surface area contributed by atoms with E-state index in [0.717, 1.165) is 18.7 Å². The van der Waals surface area contributed by atoms with Crippen LogP contribution >= 0.6 is 0 Å². The molecule has 2 N–H and O–H groups in total. The number of hydrogen-bond acceptors (Lipinski definition) is 3. The Morgan fingerprint density at radius 1 is 1.24 bits per heavy atom. The van der Waals surface area contributed by atoms with Crippen molar-refractivity contribution in [2.24, 2.45) is 5.92 Å². The summed E-state index contributed by atoms with van der Waals surface area (Å²) in [6.45, 7) is 6.20. The van der Waals surface area contributed by atoms with Gasteiger partial charge in [-0.25, -0.2) is 0 Å². The zero-order valence-corrected chi connectivity index (χ0v) is 13.0. The number of carbonyl (C=O) groups excluding carboxylic acids is 1. The summed E-state index contributed by atoms with van der Waals surface area (Å²) < 4.78 is 5.42. The van der Waals surface area contributed by atoms with Gasteiger partial charge < -0.3 is 15.4 Å². The first kappa shape index (κ1) is 16.0. The Hall–Kier alpha value is -1.39. The average molecular weight is 290 g/mol. The number of nitrogens with one attached hydrogen (secondary N) is 2. The highest BCUT2D eigenvalue weighted by Crippen LogP contribution is 2.18. The summed E-state index contributed by atoms with van der Waals surface area (Å²) in [7, 11) is 0. The molecule has 1 saturated heterocycles. The van der Waals surface area contributed by atoms with E-state index in [1.165, 1.54) is 18.4 Å². The van der Waals surface area contributed by atoms with Gasteiger partial charge >= 0.3 is 0 Å². The molecule has 4 heteroatoms. The molecule has 0 radical (unpaired) electrons. The fraction of sp³-hybridized carbons (Fsp3) is 0.588. The second-order valence-electron chi connectivity index (χ2n) is 5.60. The smallest absolute Gasteiger partial charge is 0.231 e. The molecule has 4 nitrogen and oxygen atoms in total. The first-order chi connectivity index (χ1) is 10.2. The van der Waals surface area contributed by atoms with Gasteiger partial charge in [0.2, 0.25) is 5.91 Å². The minimum absolute atomic E-state index is 0.0414. The zero-order chi connectivity index (χ0) is 15.1. The molecule has 0 spiro atoms. The van der Waals surface area contributed by atoms with Gasteiger partial charge in [0.1, 0.15) is 0 Å². The summed E-state index contributed by atoms with van der Waals surface area (Å²) in [6, 6.07) is 8.29. The molecule has 1 fully saturated rings. The molecule has 0 saturated carbocycles. The van der Waals surface area contributed by atoms with E-state index < -0.39 is 0 Å². The average Bonchev–Trinajstić information content (AvgIpc) is 2.95. The van der Waals surface area contributed by atoms with E-state index in [-0.39, 0.29) is 17.9 Å². The molecule has 2 rings (SSSR count). The van der Waals surface area contributed by atoms with Crippen molar-refractivity contribution in [1.82, 2.24) is 5.32 Å². The number of amides is 1. The number of anilines is 1. The lowest BCUT2D eigenvalue weighted by Gasteiger charge is -2.17. The van der Waals surface area contributed by atoms with Gasteiger partial charge in [-0.15, -0.1) is 0 Å². The van der Waals surface area contributed by atoms with Crippen LogP contribution in [0.5, 0.6) is 0 Å². The highest BCUT2D eigenvalue weighted by molar-refractivity contribution is 5.93. The zero-order valence-electron chi connectivity index (χ0n) is 13.0. The Morgan fingerprint density at radius 2 is 2.00 bits per heavy atom. The molecular weight excluding hydrogens is 264 g/mol. The van der Waals surface area contributed by atoms with Crippen LogP contribution in [0.15, 0.2) is 24.3 Å². The van der Waals surface area contributed by atoms with Crippen molar-refractivity contribution >= 4 is 11.6 Å². The van der Waals surface area contributed by atoms with Crippen molar-refractivity contribution in [3.8, 4) is 0 Å². The van der Waals surface area contributed by atoms with Crippen LogP contribution < -0.4 is 10.6 Å². The van der Waals surface area contributed by atoms with Crippen molar-refractivity contribution in [3.63, 3.8) is 0 Å². The third kappa shape index (κ3) is 4.55. The molecule has 21 heavy (non-hydrogen) atoms.